The van der Waals surface area contributed by atoms with Crippen LogP contribution in [0.2, 0.25) is 0 Å². The van der Waals surface area contributed by atoms with Crippen LogP contribution in [0.5, 0.6) is 11.5 Å². The van der Waals surface area contributed by atoms with Crippen molar-refractivity contribution in [2.24, 2.45) is 0 Å². The summed E-state index contributed by atoms with van der Waals surface area (Å²) in [6.45, 7) is 7.84. The lowest BCUT2D eigenvalue weighted by Crippen LogP contribution is -2.14. The Balaban J connectivity index is 2.06. The second-order valence-corrected chi connectivity index (χ2v) is 6.57. The van der Waals surface area contributed by atoms with Gasteiger partial charge in [0.15, 0.2) is 11.5 Å². The molecular formula is C19H23BrFNO2. The van der Waals surface area contributed by atoms with Gasteiger partial charge in [-0.15, -0.1) is 0 Å². The summed E-state index contributed by atoms with van der Waals surface area (Å²) in [6.07, 6.45) is 0.0820. The molecule has 0 aliphatic carbocycles. The maximum absolute atomic E-state index is 12.9. The van der Waals surface area contributed by atoms with Gasteiger partial charge in [-0.1, -0.05) is 28.1 Å². The lowest BCUT2D eigenvalue weighted by molar-refractivity contribution is 0.223. The molecule has 0 unspecified atom stereocenters. The number of benzene rings is 2. The van der Waals surface area contributed by atoms with Gasteiger partial charge in [0.05, 0.1) is 12.7 Å². The summed E-state index contributed by atoms with van der Waals surface area (Å²) >= 11 is 3.59. The third-order valence-corrected chi connectivity index (χ3v) is 4.07. The largest absolute Gasteiger partial charge is 0.490 e. The van der Waals surface area contributed by atoms with Gasteiger partial charge in [0.2, 0.25) is 0 Å². The van der Waals surface area contributed by atoms with E-state index in [4.69, 9.17) is 9.47 Å². The van der Waals surface area contributed by atoms with Crippen molar-refractivity contribution in [3.8, 4) is 11.5 Å². The standard InChI is InChI=1S/C19H23BrFNO2/c1-4-23-18-9-15(17(20)10-19(18)24-13(2)3)12-22-11-14-5-7-16(21)8-6-14/h5-10,13,22H,4,11-12H2,1-3H3. The molecule has 0 spiro atoms. The SMILES string of the molecule is CCOc1cc(CNCc2ccc(F)cc2)c(Br)cc1OC(C)C. The quantitative estimate of drug-likeness (QED) is 0.676. The molecule has 2 aromatic carbocycles. The van der Waals surface area contributed by atoms with Crippen molar-refractivity contribution in [2.45, 2.75) is 40.0 Å². The molecule has 2 rings (SSSR count). The molecular weight excluding hydrogens is 373 g/mol. The minimum Gasteiger partial charge on any atom is -0.490 e. The highest BCUT2D eigenvalue weighted by atomic mass is 79.9. The number of rotatable bonds is 8. The fraction of sp³-hybridized carbons (Fsp3) is 0.368. The van der Waals surface area contributed by atoms with Crippen molar-refractivity contribution in [1.82, 2.24) is 5.32 Å². The summed E-state index contributed by atoms with van der Waals surface area (Å²) < 4.78 is 25.4. The maximum Gasteiger partial charge on any atom is 0.162 e. The summed E-state index contributed by atoms with van der Waals surface area (Å²) in [6, 6.07) is 10.4. The first-order valence-corrected chi connectivity index (χ1v) is 8.86. The van der Waals surface area contributed by atoms with Crippen LogP contribution in [0.25, 0.3) is 0 Å². The molecule has 2 aromatic rings. The van der Waals surface area contributed by atoms with Crippen LogP contribution in [0.4, 0.5) is 4.39 Å². The Bertz CT molecular complexity index is 659. The highest BCUT2D eigenvalue weighted by molar-refractivity contribution is 9.10. The third-order valence-electron chi connectivity index (χ3n) is 3.33. The van der Waals surface area contributed by atoms with Gasteiger partial charge in [-0.3, -0.25) is 0 Å². The normalized spacial score (nSPS) is 10.9. The fourth-order valence-corrected chi connectivity index (χ4v) is 2.73. The summed E-state index contributed by atoms with van der Waals surface area (Å²) in [5.74, 6) is 1.26. The van der Waals surface area contributed by atoms with Crippen LogP contribution in [0.1, 0.15) is 31.9 Å². The van der Waals surface area contributed by atoms with Crippen LogP contribution in [-0.4, -0.2) is 12.7 Å². The van der Waals surface area contributed by atoms with E-state index in [-0.39, 0.29) is 11.9 Å². The maximum atomic E-state index is 12.9. The van der Waals surface area contributed by atoms with E-state index in [0.717, 1.165) is 27.1 Å². The van der Waals surface area contributed by atoms with Gasteiger partial charge in [-0.05, 0) is 56.2 Å². The van der Waals surface area contributed by atoms with Crippen LogP contribution in [0.15, 0.2) is 40.9 Å². The average molecular weight is 396 g/mol. The minimum atomic E-state index is -0.219. The van der Waals surface area contributed by atoms with Gasteiger partial charge in [0, 0.05) is 17.6 Å². The Labute approximate surface area is 151 Å². The first-order valence-electron chi connectivity index (χ1n) is 8.06. The van der Waals surface area contributed by atoms with Gasteiger partial charge in [0.1, 0.15) is 5.82 Å². The topological polar surface area (TPSA) is 30.5 Å². The molecule has 0 amide bonds. The van der Waals surface area contributed by atoms with Crippen LogP contribution in [0, 0.1) is 5.82 Å². The van der Waals surface area contributed by atoms with Crippen molar-refractivity contribution in [1.29, 1.82) is 0 Å². The van der Waals surface area contributed by atoms with Crippen molar-refractivity contribution < 1.29 is 13.9 Å². The Morgan fingerprint density at radius 3 is 2.42 bits per heavy atom. The highest BCUT2D eigenvalue weighted by Crippen LogP contribution is 2.34. The summed E-state index contributed by atoms with van der Waals surface area (Å²) in [7, 11) is 0. The lowest BCUT2D eigenvalue weighted by Gasteiger charge is -2.17. The molecule has 0 radical (unpaired) electrons. The molecule has 24 heavy (non-hydrogen) atoms. The third kappa shape index (κ3) is 5.49. The molecule has 3 nitrogen and oxygen atoms in total. The highest BCUT2D eigenvalue weighted by Gasteiger charge is 2.12. The molecule has 0 fully saturated rings. The first kappa shape index (κ1) is 18.7. The summed E-state index contributed by atoms with van der Waals surface area (Å²) in [5.41, 5.74) is 2.12. The Hall–Kier alpha value is -1.59. The van der Waals surface area contributed by atoms with E-state index in [1.54, 1.807) is 12.1 Å². The predicted octanol–water partition coefficient (Wildman–Crippen LogP) is 5.06. The summed E-state index contributed by atoms with van der Waals surface area (Å²) in [4.78, 5) is 0. The molecule has 5 heteroatoms. The van der Waals surface area contributed by atoms with E-state index in [2.05, 4.69) is 21.2 Å². The van der Waals surface area contributed by atoms with Crippen molar-refractivity contribution in [3.05, 3.63) is 57.8 Å². The molecule has 0 heterocycles. The van der Waals surface area contributed by atoms with Gasteiger partial charge < -0.3 is 14.8 Å². The number of ether oxygens (including phenoxy) is 2. The Morgan fingerprint density at radius 1 is 1.08 bits per heavy atom. The smallest absolute Gasteiger partial charge is 0.162 e. The molecule has 0 aromatic heterocycles. The molecule has 0 aliphatic heterocycles. The zero-order chi connectivity index (χ0) is 17.5. The number of nitrogens with one attached hydrogen (secondary N) is 1. The Morgan fingerprint density at radius 2 is 1.79 bits per heavy atom. The minimum absolute atomic E-state index is 0.0820. The zero-order valence-corrected chi connectivity index (χ0v) is 15.8. The van der Waals surface area contributed by atoms with Crippen LogP contribution in [-0.2, 0) is 13.1 Å². The van der Waals surface area contributed by atoms with Crippen molar-refractivity contribution >= 4 is 15.9 Å². The van der Waals surface area contributed by atoms with Crippen molar-refractivity contribution in [3.63, 3.8) is 0 Å². The second-order valence-electron chi connectivity index (χ2n) is 5.72. The summed E-state index contributed by atoms with van der Waals surface area (Å²) in [5, 5.41) is 3.36. The van der Waals surface area contributed by atoms with Gasteiger partial charge in [-0.2, -0.15) is 0 Å². The molecule has 1 N–H and O–H groups in total. The van der Waals surface area contributed by atoms with E-state index >= 15 is 0 Å². The Kier molecular flexibility index (Phi) is 7.06. The van der Waals surface area contributed by atoms with E-state index in [1.165, 1.54) is 12.1 Å². The molecule has 0 bridgehead atoms. The first-order chi connectivity index (χ1) is 11.5. The van der Waals surface area contributed by atoms with Gasteiger partial charge >= 0.3 is 0 Å². The van der Waals surface area contributed by atoms with E-state index in [0.29, 0.717) is 19.7 Å². The van der Waals surface area contributed by atoms with Crippen LogP contribution >= 0.6 is 15.9 Å². The monoisotopic (exact) mass is 395 g/mol. The predicted molar refractivity (Wildman–Crippen MR) is 98.0 cm³/mol. The van der Waals surface area contributed by atoms with Gasteiger partial charge in [-0.25, -0.2) is 4.39 Å². The van der Waals surface area contributed by atoms with Crippen LogP contribution in [0.3, 0.4) is 0 Å². The average Bonchev–Trinajstić information content (AvgIpc) is 2.53. The van der Waals surface area contributed by atoms with Crippen LogP contribution < -0.4 is 14.8 Å². The zero-order valence-electron chi connectivity index (χ0n) is 14.2. The number of hydrogen-bond acceptors (Lipinski definition) is 3. The van der Waals surface area contributed by atoms with E-state index in [1.807, 2.05) is 32.9 Å². The number of halogens is 2. The van der Waals surface area contributed by atoms with E-state index < -0.39 is 0 Å². The number of hydrogen-bond donors (Lipinski definition) is 1. The molecule has 0 atom stereocenters. The molecule has 0 saturated carbocycles. The fourth-order valence-electron chi connectivity index (χ4n) is 2.27. The van der Waals surface area contributed by atoms with E-state index in [9.17, 15) is 4.39 Å². The van der Waals surface area contributed by atoms with Gasteiger partial charge in [0.25, 0.3) is 0 Å². The molecule has 0 saturated heterocycles. The second kappa shape index (κ2) is 9.04. The lowest BCUT2D eigenvalue weighted by atomic mass is 10.1. The molecule has 0 aliphatic rings. The van der Waals surface area contributed by atoms with Crippen molar-refractivity contribution in [2.75, 3.05) is 6.61 Å². The molecule has 130 valence electrons.